The van der Waals surface area contributed by atoms with Crippen LogP contribution in [-0.4, -0.2) is 46.9 Å². The monoisotopic (exact) mass is 392 g/mol. The van der Waals surface area contributed by atoms with Gasteiger partial charge < -0.3 is 29.2 Å². The van der Waals surface area contributed by atoms with Crippen molar-refractivity contribution >= 4 is 28.9 Å². The molecule has 0 bridgehead atoms. The average molecular weight is 393 g/mol. The molecule has 0 radical (unpaired) electrons. The summed E-state index contributed by atoms with van der Waals surface area (Å²) in [5.41, 5.74) is 1.35. The number of rotatable bonds is 6. The van der Waals surface area contributed by atoms with Crippen LogP contribution in [0.25, 0.3) is 0 Å². The first-order chi connectivity index (χ1) is 13.1. The Bertz CT molecular complexity index is 818. The zero-order chi connectivity index (χ0) is 19.4. The van der Waals surface area contributed by atoms with Gasteiger partial charge in [0.15, 0.2) is 11.5 Å². The Balaban J connectivity index is 1.76. The molecule has 0 aliphatic carbocycles. The Morgan fingerprint density at radius 3 is 2.48 bits per heavy atom. The van der Waals surface area contributed by atoms with E-state index >= 15 is 0 Å². The van der Waals surface area contributed by atoms with Crippen molar-refractivity contribution in [2.75, 3.05) is 51.2 Å². The minimum absolute atomic E-state index is 0.0879. The first-order valence-corrected chi connectivity index (χ1v) is 8.71. The number of nitrogens with zero attached hydrogens (tertiary/aromatic N) is 1. The molecule has 27 heavy (non-hydrogen) atoms. The number of anilines is 2. The second kappa shape index (κ2) is 8.26. The molecule has 0 fully saturated rings. The number of benzene rings is 2. The van der Waals surface area contributed by atoms with Crippen LogP contribution >= 0.6 is 11.6 Å². The van der Waals surface area contributed by atoms with Crippen LogP contribution in [0.1, 0.15) is 0 Å². The molecule has 3 rings (SSSR count). The second-order valence-electron chi connectivity index (χ2n) is 5.77. The van der Waals surface area contributed by atoms with Gasteiger partial charge in [0.2, 0.25) is 11.7 Å². The summed E-state index contributed by atoms with van der Waals surface area (Å²) in [5, 5.41) is 3.66. The molecule has 8 heteroatoms. The largest absolute Gasteiger partial charge is 0.493 e. The molecular formula is C19H21ClN2O5. The van der Waals surface area contributed by atoms with Crippen LogP contribution in [0.3, 0.4) is 0 Å². The maximum absolute atomic E-state index is 12.8. The van der Waals surface area contributed by atoms with E-state index in [1.807, 2.05) is 0 Å². The third-order valence-corrected chi connectivity index (χ3v) is 4.43. The van der Waals surface area contributed by atoms with E-state index in [4.69, 9.17) is 30.5 Å². The normalized spacial score (nSPS) is 12.7. The van der Waals surface area contributed by atoms with E-state index in [-0.39, 0.29) is 12.5 Å². The van der Waals surface area contributed by atoms with Gasteiger partial charge in [-0.2, -0.15) is 0 Å². The molecule has 1 aliphatic rings. The number of nitrogens with one attached hydrogen (secondary N) is 1. The molecule has 0 unspecified atom stereocenters. The van der Waals surface area contributed by atoms with Crippen LogP contribution in [0, 0.1) is 0 Å². The van der Waals surface area contributed by atoms with E-state index < -0.39 is 0 Å². The summed E-state index contributed by atoms with van der Waals surface area (Å²) in [6, 6.07) is 8.73. The van der Waals surface area contributed by atoms with Gasteiger partial charge in [0.25, 0.3) is 0 Å². The highest BCUT2D eigenvalue weighted by molar-refractivity contribution is 6.31. The molecule has 0 saturated heterocycles. The second-order valence-corrected chi connectivity index (χ2v) is 6.21. The highest BCUT2D eigenvalue weighted by Crippen LogP contribution is 2.40. The van der Waals surface area contributed by atoms with Crippen molar-refractivity contribution in [1.82, 2.24) is 0 Å². The summed E-state index contributed by atoms with van der Waals surface area (Å²) in [6.45, 7) is 0.984. The molecule has 0 saturated carbocycles. The molecule has 1 heterocycles. The number of methoxy groups -OCH3 is 3. The molecule has 1 amide bonds. The van der Waals surface area contributed by atoms with E-state index in [9.17, 15) is 4.79 Å². The van der Waals surface area contributed by atoms with Crippen molar-refractivity contribution in [2.45, 2.75) is 0 Å². The number of carbonyl (C=O) groups excluding carboxylic acids is 1. The smallest absolute Gasteiger partial charge is 0.246 e. The molecule has 144 valence electrons. The molecular weight excluding hydrogens is 372 g/mol. The van der Waals surface area contributed by atoms with E-state index in [1.54, 1.807) is 49.5 Å². The van der Waals surface area contributed by atoms with Gasteiger partial charge in [0.05, 0.1) is 40.1 Å². The van der Waals surface area contributed by atoms with Crippen molar-refractivity contribution in [1.29, 1.82) is 0 Å². The van der Waals surface area contributed by atoms with Crippen LogP contribution < -0.4 is 29.2 Å². The fourth-order valence-corrected chi connectivity index (χ4v) is 3.07. The van der Waals surface area contributed by atoms with Gasteiger partial charge in [-0.05, 0) is 18.2 Å². The van der Waals surface area contributed by atoms with Gasteiger partial charge in [0, 0.05) is 22.8 Å². The topological polar surface area (TPSA) is 69.3 Å². The summed E-state index contributed by atoms with van der Waals surface area (Å²) in [4.78, 5) is 14.4. The number of hydrogen-bond donors (Lipinski definition) is 1. The van der Waals surface area contributed by atoms with E-state index in [2.05, 4.69) is 5.32 Å². The lowest BCUT2D eigenvalue weighted by atomic mass is 10.2. The van der Waals surface area contributed by atoms with Crippen molar-refractivity contribution in [3.05, 3.63) is 35.4 Å². The summed E-state index contributed by atoms with van der Waals surface area (Å²) in [7, 11) is 4.62. The lowest BCUT2D eigenvalue weighted by Crippen LogP contribution is -2.41. The zero-order valence-electron chi connectivity index (χ0n) is 15.4. The van der Waals surface area contributed by atoms with Gasteiger partial charge in [0.1, 0.15) is 12.4 Å². The molecule has 1 N–H and O–H groups in total. The van der Waals surface area contributed by atoms with Crippen LogP contribution in [0.5, 0.6) is 23.0 Å². The molecule has 1 aliphatic heterocycles. The van der Waals surface area contributed by atoms with Crippen LogP contribution in [0.2, 0.25) is 5.02 Å². The fraction of sp³-hybridized carbons (Fsp3) is 0.316. The standard InChI is InChI=1S/C19H21ClN2O5/c1-24-16-9-13(10-17(25-2)19(16)26-3)21-11-18(23)22-6-7-27-15-5-4-12(20)8-14(15)22/h4-5,8-10,21H,6-7,11H2,1-3H3. The highest BCUT2D eigenvalue weighted by Gasteiger charge is 2.24. The van der Waals surface area contributed by atoms with Gasteiger partial charge in [-0.3, -0.25) is 4.79 Å². The summed E-state index contributed by atoms with van der Waals surface area (Å²) >= 11 is 6.07. The summed E-state index contributed by atoms with van der Waals surface area (Å²) in [6.07, 6.45) is 0. The zero-order valence-corrected chi connectivity index (χ0v) is 16.1. The third kappa shape index (κ3) is 3.98. The van der Waals surface area contributed by atoms with E-state index in [1.165, 1.54) is 7.11 Å². The maximum atomic E-state index is 12.8. The van der Waals surface area contributed by atoms with Gasteiger partial charge in [-0.25, -0.2) is 0 Å². The number of hydrogen-bond acceptors (Lipinski definition) is 6. The van der Waals surface area contributed by atoms with Crippen LogP contribution in [0.4, 0.5) is 11.4 Å². The predicted molar refractivity (Wildman–Crippen MR) is 104 cm³/mol. The van der Waals surface area contributed by atoms with E-state index in [0.29, 0.717) is 52.5 Å². The lowest BCUT2D eigenvalue weighted by Gasteiger charge is -2.30. The third-order valence-electron chi connectivity index (χ3n) is 4.19. The Kier molecular flexibility index (Phi) is 5.81. The minimum Gasteiger partial charge on any atom is -0.493 e. The molecule has 0 spiro atoms. The van der Waals surface area contributed by atoms with Gasteiger partial charge in [-0.1, -0.05) is 11.6 Å². The minimum atomic E-state index is -0.101. The average Bonchev–Trinajstić information content (AvgIpc) is 2.70. The number of fused-ring (bicyclic) bond motifs is 1. The molecule has 0 atom stereocenters. The van der Waals surface area contributed by atoms with Crippen LogP contribution in [0.15, 0.2) is 30.3 Å². The number of carbonyl (C=O) groups is 1. The summed E-state index contributed by atoms with van der Waals surface area (Å²) < 4.78 is 21.6. The van der Waals surface area contributed by atoms with Crippen molar-refractivity contribution in [3.63, 3.8) is 0 Å². The Morgan fingerprint density at radius 2 is 1.85 bits per heavy atom. The SMILES string of the molecule is COc1cc(NCC(=O)N2CCOc3ccc(Cl)cc32)cc(OC)c1OC. The number of amides is 1. The van der Waals surface area contributed by atoms with Crippen molar-refractivity contribution in [2.24, 2.45) is 0 Å². The Morgan fingerprint density at radius 1 is 1.15 bits per heavy atom. The highest BCUT2D eigenvalue weighted by atomic mass is 35.5. The Hall–Kier alpha value is -2.80. The Labute approximate surface area is 162 Å². The molecule has 2 aromatic carbocycles. The molecule has 7 nitrogen and oxygen atoms in total. The molecule has 2 aromatic rings. The van der Waals surface area contributed by atoms with E-state index in [0.717, 1.165) is 0 Å². The quantitative estimate of drug-likeness (QED) is 0.814. The fourth-order valence-electron chi connectivity index (χ4n) is 2.91. The van der Waals surface area contributed by atoms with Crippen molar-refractivity contribution < 1.29 is 23.7 Å². The van der Waals surface area contributed by atoms with Crippen LogP contribution in [-0.2, 0) is 4.79 Å². The first-order valence-electron chi connectivity index (χ1n) is 8.34. The number of halogens is 1. The lowest BCUT2D eigenvalue weighted by molar-refractivity contribution is -0.117. The van der Waals surface area contributed by atoms with Gasteiger partial charge >= 0.3 is 0 Å². The maximum Gasteiger partial charge on any atom is 0.246 e. The first kappa shape index (κ1) is 19.0. The molecule has 0 aromatic heterocycles. The van der Waals surface area contributed by atoms with Gasteiger partial charge in [-0.15, -0.1) is 0 Å². The predicted octanol–water partition coefficient (Wildman–Crippen LogP) is 3.20. The van der Waals surface area contributed by atoms with Crippen molar-refractivity contribution in [3.8, 4) is 23.0 Å². The summed E-state index contributed by atoms with van der Waals surface area (Å²) in [5.74, 6) is 2.06. The number of ether oxygens (including phenoxy) is 4.